The van der Waals surface area contributed by atoms with Crippen molar-refractivity contribution in [2.45, 2.75) is 25.3 Å². The van der Waals surface area contributed by atoms with Crippen molar-refractivity contribution in [2.24, 2.45) is 5.41 Å². The minimum Gasteiger partial charge on any atom is -0.381 e. The maximum absolute atomic E-state index is 11.6. The monoisotopic (exact) mass is 290 g/mol. The predicted octanol–water partition coefficient (Wildman–Crippen LogP) is 0.122. The van der Waals surface area contributed by atoms with Gasteiger partial charge in [0.2, 0.25) is 0 Å². The summed E-state index contributed by atoms with van der Waals surface area (Å²) in [6.07, 6.45) is 2.89. The minimum absolute atomic E-state index is 0.196. The molecule has 0 aliphatic carbocycles. The van der Waals surface area contributed by atoms with Crippen LogP contribution < -0.4 is 5.32 Å². The average Bonchev–Trinajstić information content (AvgIpc) is 2.71. The Morgan fingerprint density at radius 1 is 1.37 bits per heavy atom. The van der Waals surface area contributed by atoms with Gasteiger partial charge in [0.05, 0.1) is 11.5 Å². The lowest BCUT2D eigenvalue weighted by molar-refractivity contribution is -0.00432. The van der Waals surface area contributed by atoms with Gasteiger partial charge in [-0.25, -0.2) is 8.42 Å². The van der Waals surface area contributed by atoms with E-state index in [4.69, 9.17) is 4.74 Å². The van der Waals surface area contributed by atoms with Gasteiger partial charge >= 0.3 is 0 Å². The molecule has 0 radical (unpaired) electrons. The molecule has 6 heteroatoms. The van der Waals surface area contributed by atoms with E-state index >= 15 is 0 Å². The molecule has 19 heavy (non-hydrogen) atoms. The fourth-order valence-electron chi connectivity index (χ4n) is 3.35. The topological polar surface area (TPSA) is 58.6 Å². The van der Waals surface area contributed by atoms with Crippen molar-refractivity contribution in [3.8, 4) is 0 Å². The molecule has 2 fully saturated rings. The smallest absolute Gasteiger partial charge is 0.151 e. The van der Waals surface area contributed by atoms with Crippen LogP contribution in [0.15, 0.2) is 0 Å². The maximum atomic E-state index is 11.6. The van der Waals surface area contributed by atoms with Gasteiger partial charge in [-0.1, -0.05) is 0 Å². The normalized spacial score (nSPS) is 29.7. The highest BCUT2D eigenvalue weighted by Gasteiger charge is 2.37. The van der Waals surface area contributed by atoms with Crippen molar-refractivity contribution in [3.05, 3.63) is 0 Å². The third-order valence-corrected chi connectivity index (χ3v) is 6.27. The SMILES string of the molecule is CNCC1(CN(C)C2CCS(=O)(=O)C2)CCOCC1. The van der Waals surface area contributed by atoms with Gasteiger partial charge in [0.15, 0.2) is 9.84 Å². The summed E-state index contributed by atoms with van der Waals surface area (Å²) in [4.78, 5) is 2.26. The van der Waals surface area contributed by atoms with Gasteiger partial charge in [0.25, 0.3) is 0 Å². The fraction of sp³-hybridized carbons (Fsp3) is 1.00. The molecule has 1 atom stereocenters. The highest BCUT2D eigenvalue weighted by atomic mass is 32.2. The van der Waals surface area contributed by atoms with Crippen LogP contribution in [0.1, 0.15) is 19.3 Å². The van der Waals surface area contributed by atoms with Crippen LogP contribution in [0, 0.1) is 5.41 Å². The van der Waals surface area contributed by atoms with E-state index in [0.717, 1.165) is 45.6 Å². The molecule has 5 nitrogen and oxygen atoms in total. The lowest BCUT2D eigenvalue weighted by atomic mass is 9.79. The minimum atomic E-state index is -2.80. The van der Waals surface area contributed by atoms with E-state index in [-0.39, 0.29) is 11.5 Å². The molecule has 0 aromatic carbocycles. The zero-order chi connectivity index (χ0) is 13.9. The number of hydrogen-bond donors (Lipinski definition) is 1. The molecular formula is C13H26N2O3S. The molecule has 2 rings (SSSR count). The molecule has 2 aliphatic rings. The lowest BCUT2D eigenvalue weighted by Crippen LogP contribution is -2.48. The zero-order valence-corrected chi connectivity index (χ0v) is 12.8. The van der Waals surface area contributed by atoms with Crippen molar-refractivity contribution >= 4 is 9.84 Å². The third-order valence-electron chi connectivity index (χ3n) is 4.52. The van der Waals surface area contributed by atoms with Crippen molar-refractivity contribution in [2.75, 3.05) is 51.9 Å². The Hall–Kier alpha value is -0.170. The highest BCUT2D eigenvalue weighted by Crippen LogP contribution is 2.32. The maximum Gasteiger partial charge on any atom is 0.151 e. The Labute approximate surface area is 116 Å². The molecule has 2 aliphatic heterocycles. The number of nitrogens with one attached hydrogen (secondary N) is 1. The second-order valence-corrected chi connectivity index (χ2v) is 8.34. The van der Waals surface area contributed by atoms with Gasteiger partial charge in [-0.05, 0) is 38.8 Å². The van der Waals surface area contributed by atoms with Crippen LogP contribution in [0.5, 0.6) is 0 Å². The van der Waals surface area contributed by atoms with Crippen LogP contribution in [0.4, 0.5) is 0 Å². The quantitative estimate of drug-likeness (QED) is 0.779. The summed E-state index contributed by atoms with van der Waals surface area (Å²) in [5.74, 6) is 0.680. The fourth-order valence-corrected chi connectivity index (χ4v) is 5.16. The Balaban J connectivity index is 1.97. The Bertz CT molecular complexity index is 385. The van der Waals surface area contributed by atoms with Crippen molar-refractivity contribution in [1.82, 2.24) is 10.2 Å². The van der Waals surface area contributed by atoms with E-state index in [1.165, 1.54) is 0 Å². The molecule has 0 aromatic heterocycles. The number of nitrogens with zero attached hydrogens (tertiary/aromatic N) is 1. The van der Waals surface area contributed by atoms with E-state index in [2.05, 4.69) is 17.3 Å². The zero-order valence-electron chi connectivity index (χ0n) is 12.0. The molecule has 1 N–H and O–H groups in total. The first-order valence-electron chi connectivity index (χ1n) is 7.09. The summed E-state index contributed by atoms with van der Waals surface area (Å²) >= 11 is 0. The van der Waals surface area contributed by atoms with Gasteiger partial charge < -0.3 is 15.0 Å². The number of rotatable bonds is 5. The summed E-state index contributed by atoms with van der Waals surface area (Å²) in [6, 6.07) is 0.196. The van der Waals surface area contributed by atoms with Gasteiger partial charge in [-0.15, -0.1) is 0 Å². The highest BCUT2D eigenvalue weighted by molar-refractivity contribution is 7.91. The second-order valence-electron chi connectivity index (χ2n) is 6.11. The predicted molar refractivity (Wildman–Crippen MR) is 76.1 cm³/mol. The van der Waals surface area contributed by atoms with Gasteiger partial charge in [-0.2, -0.15) is 0 Å². The Morgan fingerprint density at radius 2 is 2.05 bits per heavy atom. The van der Waals surface area contributed by atoms with E-state index in [1.54, 1.807) is 0 Å². The molecule has 1 unspecified atom stereocenters. The second kappa shape index (κ2) is 6.08. The van der Waals surface area contributed by atoms with Crippen LogP contribution >= 0.6 is 0 Å². The number of sulfone groups is 1. The molecule has 0 saturated carbocycles. The summed E-state index contributed by atoms with van der Waals surface area (Å²) in [6.45, 7) is 3.56. The van der Waals surface area contributed by atoms with E-state index in [0.29, 0.717) is 11.5 Å². The van der Waals surface area contributed by atoms with E-state index < -0.39 is 9.84 Å². The first-order valence-corrected chi connectivity index (χ1v) is 8.92. The molecular weight excluding hydrogens is 264 g/mol. The van der Waals surface area contributed by atoms with Crippen LogP contribution in [0.2, 0.25) is 0 Å². The summed E-state index contributed by atoms with van der Waals surface area (Å²) < 4.78 is 28.6. The van der Waals surface area contributed by atoms with Crippen LogP contribution in [-0.2, 0) is 14.6 Å². The van der Waals surface area contributed by atoms with Gasteiger partial charge in [0, 0.05) is 32.3 Å². The Morgan fingerprint density at radius 3 is 2.58 bits per heavy atom. The molecule has 2 heterocycles. The van der Waals surface area contributed by atoms with Crippen molar-refractivity contribution in [3.63, 3.8) is 0 Å². The molecule has 0 bridgehead atoms. The molecule has 0 spiro atoms. The van der Waals surface area contributed by atoms with Gasteiger partial charge in [0.1, 0.15) is 0 Å². The van der Waals surface area contributed by atoms with Gasteiger partial charge in [-0.3, -0.25) is 0 Å². The summed E-state index contributed by atoms with van der Waals surface area (Å²) in [5.41, 5.74) is 0.230. The van der Waals surface area contributed by atoms with E-state index in [9.17, 15) is 8.42 Å². The first kappa shape index (κ1) is 15.2. The molecule has 2 saturated heterocycles. The van der Waals surface area contributed by atoms with Crippen LogP contribution in [-0.4, -0.2) is 71.3 Å². The first-order chi connectivity index (χ1) is 8.96. The molecule has 0 aromatic rings. The molecule has 112 valence electrons. The van der Waals surface area contributed by atoms with E-state index in [1.807, 2.05) is 7.05 Å². The number of hydrogen-bond acceptors (Lipinski definition) is 5. The average molecular weight is 290 g/mol. The van der Waals surface area contributed by atoms with Crippen molar-refractivity contribution < 1.29 is 13.2 Å². The van der Waals surface area contributed by atoms with Crippen LogP contribution in [0.3, 0.4) is 0 Å². The third kappa shape index (κ3) is 3.90. The summed E-state index contributed by atoms with van der Waals surface area (Å²) in [7, 11) is 1.26. The van der Waals surface area contributed by atoms with Crippen molar-refractivity contribution in [1.29, 1.82) is 0 Å². The largest absolute Gasteiger partial charge is 0.381 e. The number of ether oxygens (including phenoxy) is 1. The van der Waals surface area contributed by atoms with Crippen LogP contribution in [0.25, 0.3) is 0 Å². The standard InChI is InChI=1S/C13H26N2O3S/c1-14-10-13(4-6-18-7-5-13)11-15(2)12-3-8-19(16,17)9-12/h12,14H,3-11H2,1-2H3. The lowest BCUT2D eigenvalue weighted by Gasteiger charge is -2.41. The summed E-state index contributed by atoms with van der Waals surface area (Å²) in [5, 5.41) is 3.29. The Kier molecular flexibility index (Phi) is 4.87. The molecule has 0 amide bonds.